The fourth-order valence-corrected chi connectivity index (χ4v) is 1.40. The van der Waals surface area contributed by atoms with Crippen molar-refractivity contribution < 1.29 is 18.0 Å². The van der Waals surface area contributed by atoms with Crippen molar-refractivity contribution in [1.82, 2.24) is 0 Å². The lowest BCUT2D eigenvalue weighted by atomic mass is 10.1. The molecule has 3 nitrogen and oxygen atoms in total. The smallest absolute Gasteiger partial charge is 0.241 e. The first-order chi connectivity index (χ1) is 8.47. The van der Waals surface area contributed by atoms with Crippen LogP contribution in [-0.4, -0.2) is 11.9 Å². The highest BCUT2D eigenvalue weighted by molar-refractivity contribution is 5.94. The molecule has 0 aliphatic carbocycles. The fourth-order valence-electron chi connectivity index (χ4n) is 1.40. The normalized spacial score (nSPS) is 12.3. The molecule has 1 amide bonds. The Hall–Kier alpha value is -1.56. The minimum Gasteiger partial charge on any atom is -0.322 e. The molecule has 0 unspecified atom stereocenters. The molecule has 0 aliphatic rings. The number of hydrogen-bond donors (Lipinski definition) is 2. The minimum atomic E-state index is -1.62. The van der Waals surface area contributed by atoms with Gasteiger partial charge in [-0.3, -0.25) is 4.79 Å². The molecule has 1 rings (SSSR count). The highest BCUT2D eigenvalue weighted by atomic mass is 19.2. The summed E-state index contributed by atoms with van der Waals surface area (Å²) in [6, 6.07) is 0.904. The van der Waals surface area contributed by atoms with Crippen molar-refractivity contribution in [3.63, 3.8) is 0 Å². The number of rotatable bonds is 5. The number of benzene rings is 1. The van der Waals surface area contributed by atoms with Gasteiger partial charge in [-0.2, -0.15) is 0 Å². The van der Waals surface area contributed by atoms with Gasteiger partial charge in [-0.05, 0) is 18.6 Å². The highest BCUT2D eigenvalue weighted by Crippen LogP contribution is 2.19. The molecule has 3 N–H and O–H groups in total. The van der Waals surface area contributed by atoms with Gasteiger partial charge in [0.05, 0.1) is 11.7 Å². The van der Waals surface area contributed by atoms with Crippen LogP contribution in [0.25, 0.3) is 0 Å². The molecule has 6 heteroatoms. The van der Waals surface area contributed by atoms with Crippen LogP contribution in [0, 0.1) is 17.5 Å². The van der Waals surface area contributed by atoms with Gasteiger partial charge in [0.1, 0.15) is 0 Å². The van der Waals surface area contributed by atoms with Crippen LogP contribution in [0.2, 0.25) is 0 Å². The van der Waals surface area contributed by atoms with Crippen molar-refractivity contribution in [2.75, 3.05) is 5.32 Å². The van der Waals surface area contributed by atoms with E-state index in [-0.39, 0.29) is 0 Å². The van der Waals surface area contributed by atoms with Crippen molar-refractivity contribution in [3.05, 3.63) is 29.6 Å². The van der Waals surface area contributed by atoms with E-state index in [1.54, 1.807) is 0 Å². The fraction of sp³-hybridized carbons (Fsp3) is 0.417. The van der Waals surface area contributed by atoms with E-state index in [0.29, 0.717) is 6.42 Å². The minimum absolute atomic E-state index is 0.411. The van der Waals surface area contributed by atoms with E-state index in [4.69, 9.17) is 5.73 Å². The summed E-state index contributed by atoms with van der Waals surface area (Å²) in [5.41, 5.74) is 5.16. The Bertz CT molecular complexity index is 438. The van der Waals surface area contributed by atoms with Crippen LogP contribution in [0.4, 0.5) is 18.9 Å². The van der Waals surface area contributed by atoms with Crippen molar-refractivity contribution in [2.24, 2.45) is 5.73 Å². The maximum atomic E-state index is 13.3. The molecular formula is C12H15F3N2O. The van der Waals surface area contributed by atoms with E-state index >= 15 is 0 Å². The number of hydrogen-bond acceptors (Lipinski definition) is 2. The first kappa shape index (κ1) is 14.5. The summed E-state index contributed by atoms with van der Waals surface area (Å²) in [6.07, 6.45) is 2.09. The predicted molar refractivity (Wildman–Crippen MR) is 62.4 cm³/mol. The molecule has 0 spiro atoms. The van der Waals surface area contributed by atoms with Gasteiger partial charge in [0, 0.05) is 0 Å². The number of nitrogens with one attached hydrogen (secondary N) is 1. The zero-order valence-electron chi connectivity index (χ0n) is 9.97. The lowest BCUT2D eigenvalue weighted by Gasteiger charge is -2.12. The largest absolute Gasteiger partial charge is 0.322 e. The Morgan fingerprint density at radius 3 is 2.61 bits per heavy atom. The van der Waals surface area contributed by atoms with Crippen LogP contribution >= 0.6 is 0 Å². The van der Waals surface area contributed by atoms with Gasteiger partial charge in [0.25, 0.3) is 0 Å². The third kappa shape index (κ3) is 3.46. The van der Waals surface area contributed by atoms with Gasteiger partial charge < -0.3 is 11.1 Å². The molecule has 100 valence electrons. The number of halogens is 3. The van der Waals surface area contributed by atoms with E-state index in [1.807, 2.05) is 6.92 Å². The molecule has 1 atom stereocenters. The second-order valence-electron chi connectivity index (χ2n) is 3.96. The topological polar surface area (TPSA) is 55.1 Å². The summed E-state index contributed by atoms with van der Waals surface area (Å²) in [5.74, 6) is -4.96. The Morgan fingerprint density at radius 2 is 2.00 bits per heavy atom. The summed E-state index contributed by atoms with van der Waals surface area (Å²) >= 11 is 0. The molecule has 0 heterocycles. The summed E-state index contributed by atoms with van der Waals surface area (Å²) in [5, 5.41) is 2.14. The van der Waals surface area contributed by atoms with E-state index in [2.05, 4.69) is 5.32 Å². The number of nitrogens with two attached hydrogens (primary N) is 1. The average Bonchev–Trinajstić information content (AvgIpc) is 2.36. The van der Waals surface area contributed by atoms with Gasteiger partial charge in [-0.25, -0.2) is 13.2 Å². The molecule has 0 aliphatic heterocycles. The van der Waals surface area contributed by atoms with Crippen LogP contribution in [0.1, 0.15) is 26.2 Å². The third-order valence-corrected chi connectivity index (χ3v) is 2.50. The quantitative estimate of drug-likeness (QED) is 0.799. The van der Waals surface area contributed by atoms with Crippen LogP contribution in [0.15, 0.2) is 12.1 Å². The van der Waals surface area contributed by atoms with E-state index in [0.717, 1.165) is 25.0 Å². The van der Waals surface area contributed by atoms with Crippen molar-refractivity contribution >= 4 is 11.6 Å². The Morgan fingerprint density at radius 1 is 1.33 bits per heavy atom. The zero-order valence-corrected chi connectivity index (χ0v) is 9.97. The standard InChI is InChI=1S/C12H15F3N2O/c1-2-3-4-8(16)12(18)17-9-6-5-7(13)10(14)11(9)15/h5-6,8H,2-4,16H2,1H3,(H,17,18)/t8-/m0/s1. The SMILES string of the molecule is CCCC[C@H](N)C(=O)Nc1ccc(F)c(F)c1F. The second kappa shape index (κ2) is 6.39. The number of amides is 1. The van der Waals surface area contributed by atoms with Crippen molar-refractivity contribution in [1.29, 1.82) is 0 Å². The van der Waals surface area contributed by atoms with Crippen LogP contribution in [0.5, 0.6) is 0 Å². The van der Waals surface area contributed by atoms with Gasteiger partial charge in [0.2, 0.25) is 5.91 Å². The maximum Gasteiger partial charge on any atom is 0.241 e. The number of anilines is 1. The van der Waals surface area contributed by atoms with Crippen molar-refractivity contribution in [3.8, 4) is 0 Å². The molecule has 0 bridgehead atoms. The van der Waals surface area contributed by atoms with E-state index in [9.17, 15) is 18.0 Å². The lowest BCUT2D eigenvalue weighted by Crippen LogP contribution is -2.35. The number of unbranched alkanes of at least 4 members (excludes halogenated alkanes) is 1. The van der Waals surface area contributed by atoms with E-state index < -0.39 is 35.1 Å². The van der Waals surface area contributed by atoms with Crippen LogP contribution in [-0.2, 0) is 4.79 Å². The van der Waals surface area contributed by atoms with E-state index in [1.165, 1.54) is 0 Å². The molecule has 18 heavy (non-hydrogen) atoms. The Kier molecular flexibility index (Phi) is 5.15. The average molecular weight is 260 g/mol. The maximum absolute atomic E-state index is 13.3. The first-order valence-corrected chi connectivity index (χ1v) is 5.67. The highest BCUT2D eigenvalue weighted by Gasteiger charge is 2.18. The molecular weight excluding hydrogens is 245 g/mol. The molecule has 0 fully saturated rings. The molecule has 0 saturated carbocycles. The van der Waals surface area contributed by atoms with Gasteiger partial charge in [-0.1, -0.05) is 19.8 Å². The predicted octanol–water partition coefficient (Wildman–Crippen LogP) is 2.56. The van der Waals surface area contributed by atoms with Gasteiger partial charge >= 0.3 is 0 Å². The zero-order chi connectivity index (χ0) is 13.7. The number of carbonyl (C=O) groups is 1. The molecule has 0 aromatic heterocycles. The van der Waals surface area contributed by atoms with Crippen LogP contribution < -0.4 is 11.1 Å². The summed E-state index contributed by atoms with van der Waals surface area (Å²) in [6.45, 7) is 1.94. The van der Waals surface area contributed by atoms with Crippen LogP contribution in [0.3, 0.4) is 0 Å². The van der Waals surface area contributed by atoms with Gasteiger partial charge in [-0.15, -0.1) is 0 Å². The second-order valence-corrected chi connectivity index (χ2v) is 3.96. The lowest BCUT2D eigenvalue weighted by molar-refractivity contribution is -0.117. The molecule has 1 aromatic carbocycles. The molecule has 0 saturated heterocycles. The Labute approximate surface area is 103 Å². The summed E-state index contributed by atoms with van der Waals surface area (Å²) in [4.78, 5) is 11.5. The van der Waals surface area contributed by atoms with Gasteiger partial charge in [0.15, 0.2) is 17.5 Å². The van der Waals surface area contributed by atoms with Crippen molar-refractivity contribution in [2.45, 2.75) is 32.2 Å². The number of carbonyl (C=O) groups excluding carboxylic acids is 1. The summed E-state index contributed by atoms with van der Waals surface area (Å²) < 4.78 is 38.9. The Balaban J connectivity index is 2.73. The monoisotopic (exact) mass is 260 g/mol. The molecule has 0 radical (unpaired) electrons. The molecule has 1 aromatic rings. The first-order valence-electron chi connectivity index (χ1n) is 5.67. The third-order valence-electron chi connectivity index (χ3n) is 2.50. The summed E-state index contributed by atoms with van der Waals surface area (Å²) in [7, 11) is 0.